The molecule has 0 radical (unpaired) electrons. The molecule has 1 fully saturated rings. The molecule has 1 aromatic rings. The van der Waals surface area contributed by atoms with Gasteiger partial charge in [-0.25, -0.2) is 0 Å². The first-order valence-corrected chi connectivity index (χ1v) is 8.62. The van der Waals surface area contributed by atoms with E-state index in [2.05, 4.69) is 59.0 Å². The highest BCUT2D eigenvalue weighted by Gasteiger charge is 2.36. The van der Waals surface area contributed by atoms with E-state index >= 15 is 0 Å². The maximum absolute atomic E-state index is 3.59. The molecule has 0 aliphatic heterocycles. The van der Waals surface area contributed by atoms with Crippen LogP contribution in [0.1, 0.15) is 68.2 Å². The van der Waals surface area contributed by atoms with Crippen molar-refractivity contribution in [1.29, 1.82) is 0 Å². The van der Waals surface area contributed by atoms with E-state index in [1.165, 1.54) is 42.5 Å². The smallest absolute Gasteiger partial charge is 0.00148 e. The molecule has 118 valence electrons. The van der Waals surface area contributed by atoms with Crippen LogP contribution in [-0.4, -0.2) is 13.1 Å². The summed E-state index contributed by atoms with van der Waals surface area (Å²) in [5.74, 6) is 1.51. The van der Waals surface area contributed by atoms with Crippen molar-refractivity contribution in [3.05, 3.63) is 34.4 Å². The highest BCUT2D eigenvalue weighted by atomic mass is 14.8. The fraction of sp³-hybridized carbons (Fsp3) is 0.700. The molecule has 0 saturated heterocycles. The number of aryl methyl sites for hydroxylation is 3. The molecule has 1 aromatic carbocycles. The van der Waals surface area contributed by atoms with Crippen LogP contribution in [0.3, 0.4) is 0 Å². The summed E-state index contributed by atoms with van der Waals surface area (Å²) >= 11 is 0. The summed E-state index contributed by atoms with van der Waals surface area (Å²) in [4.78, 5) is 0. The van der Waals surface area contributed by atoms with Crippen molar-refractivity contribution in [2.75, 3.05) is 13.1 Å². The van der Waals surface area contributed by atoms with Crippen molar-refractivity contribution in [1.82, 2.24) is 5.32 Å². The number of nitrogens with one attached hydrogen (secondary N) is 1. The van der Waals surface area contributed by atoms with Gasteiger partial charge in [0.25, 0.3) is 0 Å². The zero-order chi connectivity index (χ0) is 15.6. The molecular formula is C20H33N. The van der Waals surface area contributed by atoms with Crippen LogP contribution in [0, 0.1) is 32.1 Å². The van der Waals surface area contributed by atoms with Gasteiger partial charge in [0.15, 0.2) is 0 Å². The summed E-state index contributed by atoms with van der Waals surface area (Å²) in [5.41, 5.74) is 6.45. The highest BCUT2D eigenvalue weighted by Crippen LogP contribution is 2.47. The van der Waals surface area contributed by atoms with E-state index in [1.54, 1.807) is 5.56 Å². The third kappa shape index (κ3) is 3.88. The molecule has 0 spiro atoms. The van der Waals surface area contributed by atoms with Crippen LogP contribution in [0.4, 0.5) is 0 Å². The van der Waals surface area contributed by atoms with Crippen LogP contribution in [0.5, 0.6) is 0 Å². The predicted octanol–water partition coefficient (Wildman–Crippen LogP) is 5.13. The average Bonchev–Trinajstić information content (AvgIpc) is 2.41. The van der Waals surface area contributed by atoms with Gasteiger partial charge in [0.2, 0.25) is 0 Å². The first-order chi connectivity index (χ1) is 9.84. The molecule has 1 aliphatic carbocycles. The van der Waals surface area contributed by atoms with E-state index < -0.39 is 0 Å². The topological polar surface area (TPSA) is 12.0 Å². The van der Waals surface area contributed by atoms with E-state index in [0.717, 1.165) is 12.5 Å². The molecule has 2 atom stereocenters. The van der Waals surface area contributed by atoms with Gasteiger partial charge in [-0.1, -0.05) is 32.9 Å². The molecule has 21 heavy (non-hydrogen) atoms. The van der Waals surface area contributed by atoms with E-state index in [9.17, 15) is 0 Å². The van der Waals surface area contributed by atoms with Crippen molar-refractivity contribution in [2.45, 2.75) is 66.7 Å². The maximum atomic E-state index is 3.59. The lowest BCUT2D eigenvalue weighted by Gasteiger charge is -2.42. The Labute approximate surface area is 131 Å². The van der Waals surface area contributed by atoms with Gasteiger partial charge < -0.3 is 5.32 Å². The summed E-state index contributed by atoms with van der Waals surface area (Å²) in [5, 5.41) is 3.59. The third-order valence-electron chi connectivity index (χ3n) is 5.47. The van der Waals surface area contributed by atoms with Gasteiger partial charge in [-0.15, -0.1) is 0 Å². The lowest BCUT2D eigenvalue weighted by atomic mass is 9.64. The molecule has 1 N–H and O–H groups in total. The lowest BCUT2D eigenvalue weighted by molar-refractivity contribution is 0.160. The molecule has 1 heteroatoms. The van der Waals surface area contributed by atoms with Crippen molar-refractivity contribution in [3.8, 4) is 0 Å². The van der Waals surface area contributed by atoms with E-state index in [0.29, 0.717) is 11.3 Å². The van der Waals surface area contributed by atoms with E-state index in [1.807, 2.05) is 0 Å². The van der Waals surface area contributed by atoms with Crippen LogP contribution >= 0.6 is 0 Å². The van der Waals surface area contributed by atoms with Crippen LogP contribution in [-0.2, 0) is 0 Å². The summed E-state index contributed by atoms with van der Waals surface area (Å²) < 4.78 is 0. The van der Waals surface area contributed by atoms with Gasteiger partial charge in [-0.2, -0.15) is 0 Å². The van der Waals surface area contributed by atoms with Gasteiger partial charge in [-0.05, 0) is 92.6 Å². The SMILES string of the molecule is CCNCC1CCC(C)(C)CC1c1cc(C)c(C)cc1C. The Morgan fingerprint density at radius 2 is 1.76 bits per heavy atom. The van der Waals surface area contributed by atoms with Crippen molar-refractivity contribution >= 4 is 0 Å². The minimum atomic E-state index is 0.485. The number of hydrogen-bond acceptors (Lipinski definition) is 1. The standard InChI is InChI=1S/C20H33N/c1-7-21-13-17-8-9-20(5,6)12-19(17)18-11-15(3)14(2)10-16(18)4/h10-11,17,19,21H,7-9,12-13H2,1-6H3. The van der Waals surface area contributed by atoms with Gasteiger partial charge in [0.1, 0.15) is 0 Å². The van der Waals surface area contributed by atoms with Crippen molar-refractivity contribution < 1.29 is 0 Å². The Balaban J connectivity index is 2.32. The first kappa shape index (κ1) is 16.5. The second kappa shape index (κ2) is 6.52. The second-order valence-corrected chi connectivity index (χ2v) is 7.87. The van der Waals surface area contributed by atoms with Gasteiger partial charge >= 0.3 is 0 Å². The minimum absolute atomic E-state index is 0.485. The summed E-state index contributed by atoms with van der Waals surface area (Å²) in [6.45, 7) is 16.1. The molecule has 0 heterocycles. The molecule has 1 aliphatic rings. The second-order valence-electron chi connectivity index (χ2n) is 7.87. The molecule has 0 aromatic heterocycles. The summed E-state index contributed by atoms with van der Waals surface area (Å²) in [6.07, 6.45) is 4.05. The molecule has 2 rings (SSSR count). The quantitative estimate of drug-likeness (QED) is 0.809. The van der Waals surface area contributed by atoms with Gasteiger partial charge in [0.05, 0.1) is 0 Å². The Morgan fingerprint density at radius 1 is 1.10 bits per heavy atom. The Morgan fingerprint density at radius 3 is 2.43 bits per heavy atom. The van der Waals surface area contributed by atoms with E-state index in [4.69, 9.17) is 0 Å². The lowest BCUT2D eigenvalue weighted by Crippen LogP contribution is -2.35. The molecule has 1 saturated carbocycles. The minimum Gasteiger partial charge on any atom is -0.317 e. The first-order valence-electron chi connectivity index (χ1n) is 8.62. The summed E-state index contributed by atoms with van der Waals surface area (Å²) in [7, 11) is 0. The van der Waals surface area contributed by atoms with Gasteiger partial charge in [-0.3, -0.25) is 0 Å². The Bertz CT molecular complexity index is 487. The van der Waals surface area contributed by atoms with Crippen molar-refractivity contribution in [3.63, 3.8) is 0 Å². The summed E-state index contributed by atoms with van der Waals surface area (Å²) in [6, 6.07) is 4.85. The molecule has 0 amide bonds. The van der Waals surface area contributed by atoms with Crippen LogP contribution in [0.2, 0.25) is 0 Å². The normalized spacial score (nSPS) is 25.0. The zero-order valence-corrected chi connectivity index (χ0v) is 14.8. The third-order valence-corrected chi connectivity index (χ3v) is 5.47. The predicted molar refractivity (Wildman–Crippen MR) is 93.1 cm³/mol. The average molecular weight is 287 g/mol. The molecular weight excluding hydrogens is 254 g/mol. The Hall–Kier alpha value is -0.820. The Kier molecular flexibility index (Phi) is 5.14. The molecule has 0 bridgehead atoms. The van der Waals surface area contributed by atoms with Crippen LogP contribution in [0.15, 0.2) is 12.1 Å². The van der Waals surface area contributed by atoms with Crippen LogP contribution < -0.4 is 5.32 Å². The van der Waals surface area contributed by atoms with Crippen molar-refractivity contribution in [2.24, 2.45) is 11.3 Å². The molecule has 2 unspecified atom stereocenters. The highest BCUT2D eigenvalue weighted by molar-refractivity contribution is 5.39. The van der Waals surface area contributed by atoms with Crippen LogP contribution in [0.25, 0.3) is 0 Å². The zero-order valence-electron chi connectivity index (χ0n) is 14.8. The monoisotopic (exact) mass is 287 g/mol. The maximum Gasteiger partial charge on any atom is -0.00148 e. The van der Waals surface area contributed by atoms with Gasteiger partial charge in [0, 0.05) is 0 Å². The fourth-order valence-electron chi connectivity index (χ4n) is 3.96. The largest absolute Gasteiger partial charge is 0.317 e. The number of rotatable bonds is 4. The number of benzene rings is 1. The number of hydrogen-bond donors (Lipinski definition) is 1. The fourth-order valence-corrected chi connectivity index (χ4v) is 3.96. The molecule has 1 nitrogen and oxygen atoms in total. The van der Waals surface area contributed by atoms with E-state index in [-0.39, 0.29) is 0 Å².